The van der Waals surface area contributed by atoms with Crippen molar-refractivity contribution in [3.63, 3.8) is 0 Å². The van der Waals surface area contributed by atoms with E-state index in [9.17, 15) is 18.6 Å². The zero-order valence-electron chi connectivity index (χ0n) is 16.2. The van der Waals surface area contributed by atoms with Crippen LogP contribution in [-0.2, 0) is 31.6 Å². The zero-order chi connectivity index (χ0) is 21.2. The van der Waals surface area contributed by atoms with Gasteiger partial charge in [-0.05, 0) is 24.1 Å². The first kappa shape index (κ1) is 22.3. The summed E-state index contributed by atoms with van der Waals surface area (Å²) in [4.78, 5) is 36.7. The predicted molar refractivity (Wildman–Crippen MR) is 111 cm³/mol. The number of hydrogen-bond donors (Lipinski definition) is 3. The maximum absolute atomic E-state index is 12.7. The molecule has 4 N–H and O–H groups in total. The van der Waals surface area contributed by atoms with Crippen LogP contribution >= 0.6 is 0 Å². The van der Waals surface area contributed by atoms with E-state index < -0.39 is 34.7 Å². The van der Waals surface area contributed by atoms with Crippen molar-refractivity contribution in [2.24, 2.45) is 5.73 Å². The molecular formula is C21H25N3O4S. The molecule has 3 amide bonds. The molecule has 0 unspecified atom stereocenters. The summed E-state index contributed by atoms with van der Waals surface area (Å²) < 4.78 is 12.4. The Bertz CT molecular complexity index is 859. The summed E-state index contributed by atoms with van der Waals surface area (Å²) in [6, 6.07) is 16.2. The molecule has 0 aliphatic carbocycles. The van der Waals surface area contributed by atoms with E-state index >= 15 is 0 Å². The molecule has 0 aliphatic heterocycles. The van der Waals surface area contributed by atoms with Gasteiger partial charge in [0.2, 0.25) is 17.7 Å². The Morgan fingerprint density at radius 1 is 0.931 bits per heavy atom. The van der Waals surface area contributed by atoms with Gasteiger partial charge in [-0.25, -0.2) is 0 Å². The fraction of sp³-hybridized carbons (Fsp3) is 0.286. The first-order chi connectivity index (χ1) is 13.9. The van der Waals surface area contributed by atoms with Gasteiger partial charge in [0.15, 0.2) is 0 Å². The van der Waals surface area contributed by atoms with Crippen LogP contribution in [0.25, 0.3) is 0 Å². The molecule has 8 heteroatoms. The summed E-state index contributed by atoms with van der Waals surface area (Å²) >= 11 is 0. The minimum atomic E-state index is -1.32. The number of benzene rings is 2. The maximum atomic E-state index is 12.7. The molecule has 0 heterocycles. The molecule has 0 aliphatic rings. The van der Waals surface area contributed by atoms with Gasteiger partial charge in [0.25, 0.3) is 0 Å². The van der Waals surface area contributed by atoms with Gasteiger partial charge in [-0.1, -0.05) is 48.5 Å². The van der Waals surface area contributed by atoms with Crippen LogP contribution in [-0.4, -0.2) is 39.8 Å². The predicted octanol–water partition coefficient (Wildman–Crippen LogP) is 0.902. The second kappa shape index (κ2) is 11.1. The third kappa shape index (κ3) is 7.50. The number of primary amides is 1. The lowest BCUT2D eigenvalue weighted by Gasteiger charge is -2.21. The quantitative estimate of drug-likeness (QED) is 0.534. The van der Waals surface area contributed by atoms with Crippen molar-refractivity contribution in [2.75, 3.05) is 5.75 Å². The summed E-state index contributed by atoms with van der Waals surface area (Å²) in [5, 5.41) is 5.19. The second-order valence-corrected chi connectivity index (χ2v) is 8.13. The molecule has 3 atom stereocenters. The molecular weight excluding hydrogens is 390 g/mol. The fourth-order valence-corrected chi connectivity index (χ4v) is 3.92. The van der Waals surface area contributed by atoms with Gasteiger partial charge >= 0.3 is 0 Å². The smallest absolute Gasteiger partial charge is 0.243 e. The van der Waals surface area contributed by atoms with Gasteiger partial charge in [0.1, 0.15) is 12.1 Å². The molecule has 29 heavy (non-hydrogen) atoms. The van der Waals surface area contributed by atoms with E-state index in [-0.39, 0.29) is 24.5 Å². The highest BCUT2D eigenvalue weighted by atomic mass is 32.2. The summed E-state index contributed by atoms with van der Waals surface area (Å²) in [6.45, 7) is 1.32. The highest BCUT2D eigenvalue weighted by Crippen LogP contribution is 2.09. The maximum Gasteiger partial charge on any atom is 0.243 e. The van der Waals surface area contributed by atoms with E-state index in [4.69, 9.17) is 5.73 Å². The fourth-order valence-electron chi connectivity index (χ4n) is 2.78. The molecule has 7 nitrogen and oxygen atoms in total. The molecule has 0 spiro atoms. The van der Waals surface area contributed by atoms with Crippen LogP contribution in [0.3, 0.4) is 0 Å². The van der Waals surface area contributed by atoms with Gasteiger partial charge < -0.3 is 16.4 Å². The van der Waals surface area contributed by atoms with Gasteiger partial charge in [-0.2, -0.15) is 0 Å². The topological polar surface area (TPSA) is 118 Å². The normalized spacial score (nSPS) is 13.7. The summed E-state index contributed by atoms with van der Waals surface area (Å²) in [6.07, 6.45) is 0.397. The van der Waals surface area contributed by atoms with Crippen LogP contribution in [0.2, 0.25) is 0 Å². The number of amides is 3. The first-order valence-electron chi connectivity index (χ1n) is 9.21. The average molecular weight is 416 g/mol. The second-order valence-electron chi connectivity index (χ2n) is 6.56. The highest BCUT2D eigenvalue weighted by Gasteiger charge is 2.25. The van der Waals surface area contributed by atoms with Crippen LogP contribution in [0, 0.1) is 0 Å². The zero-order valence-corrected chi connectivity index (χ0v) is 17.0. The summed E-state index contributed by atoms with van der Waals surface area (Å²) in [7, 11) is -1.32. The minimum absolute atomic E-state index is 0.126. The molecule has 0 fully saturated rings. The number of rotatable bonds is 10. The van der Waals surface area contributed by atoms with Crippen molar-refractivity contribution in [3.8, 4) is 0 Å². The molecule has 2 aromatic carbocycles. The van der Waals surface area contributed by atoms with E-state index in [1.165, 1.54) is 6.92 Å². The number of hydrogen-bond acceptors (Lipinski definition) is 4. The van der Waals surface area contributed by atoms with E-state index in [2.05, 4.69) is 10.6 Å². The van der Waals surface area contributed by atoms with Crippen LogP contribution in [0.15, 0.2) is 65.6 Å². The summed E-state index contributed by atoms with van der Waals surface area (Å²) in [5.41, 5.74) is 6.29. The molecule has 2 aromatic rings. The lowest BCUT2D eigenvalue weighted by atomic mass is 10.0. The molecule has 0 aromatic heterocycles. The van der Waals surface area contributed by atoms with Crippen molar-refractivity contribution >= 4 is 28.5 Å². The van der Waals surface area contributed by atoms with Crippen LogP contribution in [0.4, 0.5) is 0 Å². The molecule has 0 saturated carbocycles. The van der Waals surface area contributed by atoms with Crippen molar-refractivity contribution < 1.29 is 18.6 Å². The Kier molecular flexibility index (Phi) is 8.54. The molecule has 154 valence electrons. The summed E-state index contributed by atoms with van der Waals surface area (Å²) in [5.74, 6) is -1.42. The largest absolute Gasteiger partial charge is 0.368 e. The number of carbonyl (C=O) groups is 3. The third-order valence-electron chi connectivity index (χ3n) is 4.23. The SMILES string of the molecule is CC(=O)N[C@@H](Cc1ccccc1)C(=O)N[C@H](CC[S@@](=O)c1ccccc1)C(N)=O. The van der Waals surface area contributed by atoms with E-state index in [0.29, 0.717) is 4.90 Å². The van der Waals surface area contributed by atoms with E-state index in [1.807, 2.05) is 36.4 Å². The van der Waals surface area contributed by atoms with Crippen molar-refractivity contribution in [2.45, 2.75) is 36.7 Å². The van der Waals surface area contributed by atoms with E-state index in [1.54, 1.807) is 24.3 Å². The third-order valence-corrected chi connectivity index (χ3v) is 5.64. The first-order valence-corrected chi connectivity index (χ1v) is 10.5. The average Bonchev–Trinajstić information content (AvgIpc) is 2.71. The standard InChI is InChI=1S/C21H25N3O4S/c1-15(25)23-19(14-16-8-4-2-5-9-16)21(27)24-18(20(22)26)12-13-29(28)17-10-6-3-7-11-17/h2-11,18-19H,12-14H2,1H3,(H2,22,26)(H,23,25)(H,24,27)/t18-,19+,29-/m1/s1. The van der Waals surface area contributed by atoms with Crippen molar-refractivity contribution in [1.29, 1.82) is 0 Å². The van der Waals surface area contributed by atoms with Gasteiger partial charge in [-0.15, -0.1) is 0 Å². The van der Waals surface area contributed by atoms with Crippen LogP contribution in [0.5, 0.6) is 0 Å². The molecule has 0 saturated heterocycles. The van der Waals surface area contributed by atoms with Crippen molar-refractivity contribution in [3.05, 3.63) is 66.2 Å². The van der Waals surface area contributed by atoms with E-state index in [0.717, 1.165) is 5.56 Å². The Hall–Kier alpha value is -3.00. The van der Waals surface area contributed by atoms with Gasteiger partial charge in [0.05, 0.1) is 10.8 Å². The van der Waals surface area contributed by atoms with Crippen LogP contribution < -0.4 is 16.4 Å². The molecule has 0 bridgehead atoms. The number of nitrogens with one attached hydrogen (secondary N) is 2. The van der Waals surface area contributed by atoms with Gasteiger partial charge in [0, 0.05) is 24.0 Å². The number of nitrogens with two attached hydrogens (primary N) is 1. The lowest BCUT2D eigenvalue weighted by Crippen LogP contribution is -2.53. The monoisotopic (exact) mass is 415 g/mol. The van der Waals surface area contributed by atoms with Crippen LogP contribution in [0.1, 0.15) is 18.9 Å². The Morgan fingerprint density at radius 3 is 2.07 bits per heavy atom. The lowest BCUT2D eigenvalue weighted by molar-refractivity contribution is -0.130. The molecule has 0 radical (unpaired) electrons. The Labute approximate surface area is 172 Å². The Balaban J connectivity index is 2.02. The Morgan fingerprint density at radius 2 is 1.52 bits per heavy atom. The number of carbonyl (C=O) groups excluding carboxylic acids is 3. The molecule has 2 rings (SSSR count). The highest BCUT2D eigenvalue weighted by molar-refractivity contribution is 7.85. The van der Waals surface area contributed by atoms with Gasteiger partial charge in [-0.3, -0.25) is 18.6 Å². The minimum Gasteiger partial charge on any atom is -0.368 e. The van der Waals surface area contributed by atoms with Crippen molar-refractivity contribution in [1.82, 2.24) is 10.6 Å².